The maximum Gasteiger partial charge on any atom is 0.123 e. The van der Waals surface area contributed by atoms with E-state index >= 15 is 0 Å². The molecule has 0 radical (unpaired) electrons. The highest BCUT2D eigenvalue weighted by atomic mass is 19.1. The molecule has 0 fully saturated rings. The van der Waals surface area contributed by atoms with Crippen molar-refractivity contribution in [2.75, 3.05) is 20.3 Å². The number of ether oxygens (including phenoxy) is 2. The van der Waals surface area contributed by atoms with Gasteiger partial charge in [0, 0.05) is 26.4 Å². The summed E-state index contributed by atoms with van der Waals surface area (Å²) in [5.41, 5.74) is 6.63. The van der Waals surface area contributed by atoms with Crippen LogP contribution in [0.25, 0.3) is 0 Å². The maximum atomic E-state index is 13.1. The van der Waals surface area contributed by atoms with Gasteiger partial charge < -0.3 is 15.2 Å². The second-order valence-electron chi connectivity index (χ2n) is 4.05. The molecule has 0 aromatic heterocycles. The van der Waals surface area contributed by atoms with Crippen LogP contribution in [-0.4, -0.2) is 26.4 Å². The normalized spacial score (nSPS) is 14.6. The van der Waals surface area contributed by atoms with Gasteiger partial charge in [0.2, 0.25) is 0 Å². The highest BCUT2D eigenvalue weighted by Gasteiger charge is 2.17. The summed E-state index contributed by atoms with van der Waals surface area (Å²) in [7, 11) is 1.65. The summed E-state index contributed by atoms with van der Waals surface area (Å²) in [6.07, 6.45) is 0.525. The van der Waals surface area contributed by atoms with Crippen molar-refractivity contribution in [3.05, 3.63) is 35.6 Å². The van der Waals surface area contributed by atoms with Gasteiger partial charge in [-0.25, -0.2) is 4.39 Å². The molecule has 3 nitrogen and oxygen atoms in total. The van der Waals surface area contributed by atoms with Gasteiger partial charge in [-0.15, -0.1) is 0 Å². The molecule has 2 N–H and O–H groups in total. The summed E-state index contributed by atoms with van der Waals surface area (Å²) in [6, 6.07) is 6.18. The zero-order valence-corrected chi connectivity index (χ0v) is 10.4. The predicted octanol–water partition coefficient (Wildman–Crippen LogP) is 2.27. The molecule has 1 aromatic carbocycles. The summed E-state index contributed by atoms with van der Waals surface area (Å²) in [5, 5.41) is 0. The third kappa shape index (κ3) is 4.81. The molecule has 0 saturated heterocycles. The van der Waals surface area contributed by atoms with Gasteiger partial charge in [0.15, 0.2) is 0 Å². The smallest absolute Gasteiger partial charge is 0.123 e. The lowest BCUT2D eigenvalue weighted by Gasteiger charge is -2.22. The third-order valence-corrected chi connectivity index (χ3v) is 2.44. The lowest BCUT2D eigenvalue weighted by atomic mass is 10.0. The van der Waals surface area contributed by atoms with E-state index < -0.39 is 0 Å². The van der Waals surface area contributed by atoms with Crippen LogP contribution in [-0.2, 0) is 9.47 Å². The highest BCUT2D eigenvalue weighted by molar-refractivity contribution is 5.20. The zero-order valence-electron chi connectivity index (χ0n) is 10.4. The summed E-state index contributed by atoms with van der Waals surface area (Å²) < 4.78 is 23.7. The Hall–Kier alpha value is -0.970. The van der Waals surface area contributed by atoms with E-state index in [0.29, 0.717) is 13.2 Å². The van der Waals surface area contributed by atoms with Crippen molar-refractivity contribution in [1.82, 2.24) is 0 Å². The van der Waals surface area contributed by atoms with Crippen LogP contribution in [0.3, 0.4) is 0 Å². The number of halogens is 1. The zero-order chi connectivity index (χ0) is 12.7. The van der Waals surface area contributed by atoms with Crippen molar-refractivity contribution in [2.45, 2.75) is 25.5 Å². The number of methoxy groups -OCH3 is 1. The molecule has 96 valence electrons. The molecule has 4 heteroatoms. The van der Waals surface area contributed by atoms with E-state index in [2.05, 4.69) is 0 Å². The lowest BCUT2D eigenvalue weighted by Crippen LogP contribution is -2.27. The topological polar surface area (TPSA) is 44.5 Å². The van der Waals surface area contributed by atoms with E-state index in [1.54, 1.807) is 13.2 Å². The second kappa shape index (κ2) is 7.37. The molecule has 0 aliphatic rings. The van der Waals surface area contributed by atoms with Crippen molar-refractivity contribution in [3.63, 3.8) is 0 Å². The minimum atomic E-state index is -0.275. The lowest BCUT2D eigenvalue weighted by molar-refractivity contribution is 0.0263. The van der Waals surface area contributed by atoms with Crippen molar-refractivity contribution >= 4 is 0 Å². The monoisotopic (exact) mass is 241 g/mol. The maximum absolute atomic E-state index is 13.1. The van der Waals surface area contributed by atoms with Crippen molar-refractivity contribution in [3.8, 4) is 0 Å². The van der Waals surface area contributed by atoms with Crippen LogP contribution in [0.4, 0.5) is 4.39 Å². The number of rotatable bonds is 7. The first-order chi connectivity index (χ1) is 8.15. The Bertz CT molecular complexity index is 331. The number of hydrogen-bond acceptors (Lipinski definition) is 3. The third-order valence-electron chi connectivity index (χ3n) is 2.44. The molecule has 0 heterocycles. The van der Waals surface area contributed by atoms with Crippen molar-refractivity contribution < 1.29 is 13.9 Å². The molecule has 0 saturated carbocycles. The first-order valence-electron chi connectivity index (χ1n) is 5.76. The van der Waals surface area contributed by atoms with Crippen LogP contribution in [0.15, 0.2) is 24.3 Å². The van der Waals surface area contributed by atoms with Gasteiger partial charge >= 0.3 is 0 Å². The van der Waals surface area contributed by atoms with Crippen LogP contribution >= 0.6 is 0 Å². The molecule has 17 heavy (non-hydrogen) atoms. The Morgan fingerprint density at radius 2 is 2.12 bits per heavy atom. The molecule has 2 atom stereocenters. The van der Waals surface area contributed by atoms with E-state index in [1.807, 2.05) is 13.0 Å². The van der Waals surface area contributed by atoms with Gasteiger partial charge in [0.1, 0.15) is 5.82 Å². The Kier molecular flexibility index (Phi) is 6.11. The molecule has 1 aromatic rings. The van der Waals surface area contributed by atoms with Gasteiger partial charge in [0.25, 0.3) is 0 Å². The Labute approximate surface area is 102 Å². The Morgan fingerprint density at radius 3 is 2.71 bits per heavy atom. The molecular formula is C13H20FNO2. The van der Waals surface area contributed by atoms with Gasteiger partial charge in [-0.05, 0) is 31.0 Å². The minimum absolute atomic E-state index is 0.181. The minimum Gasteiger partial charge on any atom is -0.385 e. The average Bonchev–Trinajstić information content (AvgIpc) is 2.28. The van der Waals surface area contributed by atoms with Gasteiger partial charge in [0.05, 0.1) is 6.10 Å². The molecule has 0 aliphatic heterocycles. The molecule has 2 unspecified atom stereocenters. The van der Waals surface area contributed by atoms with Crippen LogP contribution in [0.5, 0.6) is 0 Å². The van der Waals surface area contributed by atoms with E-state index in [1.165, 1.54) is 12.1 Å². The first-order valence-corrected chi connectivity index (χ1v) is 5.76. The summed E-state index contributed by atoms with van der Waals surface area (Å²) >= 11 is 0. The Morgan fingerprint density at radius 1 is 1.35 bits per heavy atom. The average molecular weight is 241 g/mol. The fourth-order valence-electron chi connectivity index (χ4n) is 1.65. The second-order valence-corrected chi connectivity index (χ2v) is 4.05. The summed E-state index contributed by atoms with van der Waals surface area (Å²) in [6.45, 7) is 3.05. The van der Waals surface area contributed by atoms with E-state index in [-0.39, 0.29) is 18.0 Å². The van der Waals surface area contributed by atoms with Crippen molar-refractivity contribution in [1.29, 1.82) is 0 Å². The fourth-order valence-corrected chi connectivity index (χ4v) is 1.65. The molecule has 0 spiro atoms. The molecule has 0 bridgehead atoms. The Balaban J connectivity index is 2.59. The van der Waals surface area contributed by atoms with Crippen LogP contribution in [0.1, 0.15) is 25.0 Å². The number of nitrogens with two attached hydrogens (primary N) is 1. The van der Waals surface area contributed by atoms with E-state index in [4.69, 9.17) is 15.2 Å². The first kappa shape index (κ1) is 14.1. The molecule has 1 rings (SSSR count). The quantitative estimate of drug-likeness (QED) is 0.745. The van der Waals surface area contributed by atoms with E-state index in [9.17, 15) is 4.39 Å². The van der Waals surface area contributed by atoms with Gasteiger partial charge in [-0.1, -0.05) is 12.1 Å². The number of hydrogen-bond donors (Lipinski definition) is 1. The van der Waals surface area contributed by atoms with E-state index in [0.717, 1.165) is 12.0 Å². The molecular weight excluding hydrogens is 221 g/mol. The highest BCUT2D eigenvalue weighted by Crippen LogP contribution is 2.21. The SMILES string of the molecule is COCCCOC(c1cccc(F)c1)C(C)N. The largest absolute Gasteiger partial charge is 0.385 e. The molecule has 0 amide bonds. The fraction of sp³-hybridized carbons (Fsp3) is 0.538. The van der Waals surface area contributed by atoms with Gasteiger partial charge in [-0.2, -0.15) is 0 Å². The summed E-state index contributed by atoms with van der Waals surface area (Å²) in [4.78, 5) is 0. The van der Waals surface area contributed by atoms with Crippen LogP contribution in [0, 0.1) is 5.82 Å². The standard InChI is InChI=1S/C13H20FNO2/c1-10(15)13(17-8-4-7-16-2)11-5-3-6-12(14)9-11/h3,5-6,9-10,13H,4,7-8,15H2,1-2H3. The predicted molar refractivity (Wildman–Crippen MR) is 65.2 cm³/mol. The summed E-state index contributed by atoms with van der Waals surface area (Å²) in [5.74, 6) is -0.270. The number of benzene rings is 1. The van der Waals surface area contributed by atoms with Crippen LogP contribution < -0.4 is 5.73 Å². The van der Waals surface area contributed by atoms with Gasteiger partial charge in [-0.3, -0.25) is 0 Å². The molecule has 0 aliphatic carbocycles. The van der Waals surface area contributed by atoms with Crippen molar-refractivity contribution in [2.24, 2.45) is 5.73 Å². The van der Waals surface area contributed by atoms with Crippen LogP contribution in [0.2, 0.25) is 0 Å².